The average Bonchev–Trinajstić information content (AvgIpc) is 3.18. The first-order valence-corrected chi connectivity index (χ1v) is 9.48. The monoisotopic (exact) mass is 424 g/mol. The van der Waals surface area contributed by atoms with Gasteiger partial charge in [0.05, 0.1) is 6.54 Å². The third-order valence-corrected chi connectivity index (χ3v) is 4.09. The number of rotatable bonds is 8. The summed E-state index contributed by atoms with van der Waals surface area (Å²) in [5.41, 5.74) is 1.79. The standard InChI is InChI=1S/C20H23F3N4O3/c1-2-24-19(26-8-5-14-3-4-16-17(9-14)30-13-29-16)27-11-15-6-7-25-18(10-15)28-12-20(21,22)23/h3-4,6-7,9-10H,2,5,8,11-13H2,1H3,(H2,24,26,27). The van der Waals surface area contributed by atoms with Crippen LogP contribution >= 0.6 is 0 Å². The fourth-order valence-electron chi connectivity index (χ4n) is 2.72. The highest BCUT2D eigenvalue weighted by atomic mass is 19.4. The second-order valence-electron chi connectivity index (χ2n) is 6.47. The van der Waals surface area contributed by atoms with Gasteiger partial charge in [-0.25, -0.2) is 9.98 Å². The van der Waals surface area contributed by atoms with Crippen LogP contribution in [-0.4, -0.2) is 43.6 Å². The van der Waals surface area contributed by atoms with Gasteiger partial charge in [0.2, 0.25) is 12.7 Å². The van der Waals surface area contributed by atoms with Gasteiger partial charge in [-0.1, -0.05) is 6.07 Å². The fraction of sp³-hybridized carbons (Fsp3) is 0.400. The highest BCUT2D eigenvalue weighted by Gasteiger charge is 2.28. The van der Waals surface area contributed by atoms with E-state index in [2.05, 4.69) is 25.3 Å². The van der Waals surface area contributed by atoms with Gasteiger partial charge in [-0.05, 0) is 42.7 Å². The molecule has 10 heteroatoms. The van der Waals surface area contributed by atoms with Crippen molar-refractivity contribution in [3.8, 4) is 17.4 Å². The molecule has 2 aromatic rings. The van der Waals surface area contributed by atoms with E-state index in [9.17, 15) is 13.2 Å². The Kier molecular flexibility index (Phi) is 7.21. The molecule has 7 nitrogen and oxygen atoms in total. The Balaban J connectivity index is 1.52. The number of nitrogens with zero attached hydrogens (tertiary/aromatic N) is 2. The van der Waals surface area contributed by atoms with E-state index in [0.717, 1.165) is 23.5 Å². The van der Waals surface area contributed by atoms with Gasteiger partial charge in [0.1, 0.15) is 0 Å². The summed E-state index contributed by atoms with van der Waals surface area (Å²) in [6, 6.07) is 8.95. The molecule has 0 radical (unpaired) electrons. The van der Waals surface area contributed by atoms with Crippen molar-refractivity contribution in [3.63, 3.8) is 0 Å². The third-order valence-electron chi connectivity index (χ3n) is 4.09. The molecule has 2 heterocycles. The lowest BCUT2D eigenvalue weighted by Gasteiger charge is -2.12. The van der Waals surface area contributed by atoms with Gasteiger partial charge in [0, 0.05) is 25.4 Å². The maximum atomic E-state index is 12.3. The van der Waals surface area contributed by atoms with Gasteiger partial charge >= 0.3 is 6.18 Å². The van der Waals surface area contributed by atoms with Crippen LogP contribution < -0.4 is 24.8 Å². The first-order valence-electron chi connectivity index (χ1n) is 9.48. The zero-order valence-electron chi connectivity index (χ0n) is 16.5. The van der Waals surface area contributed by atoms with Crippen molar-refractivity contribution in [3.05, 3.63) is 47.7 Å². The maximum Gasteiger partial charge on any atom is 0.422 e. The molecule has 3 rings (SSSR count). The van der Waals surface area contributed by atoms with Gasteiger partial charge < -0.3 is 24.8 Å². The number of benzene rings is 1. The summed E-state index contributed by atoms with van der Waals surface area (Å²) in [5, 5.41) is 6.38. The molecule has 0 fully saturated rings. The average molecular weight is 424 g/mol. The molecular formula is C20H23F3N4O3. The Bertz CT molecular complexity index is 875. The van der Waals surface area contributed by atoms with Crippen LogP contribution in [0.2, 0.25) is 0 Å². The van der Waals surface area contributed by atoms with Crippen molar-refractivity contribution >= 4 is 5.96 Å². The van der Waals surface area contributed by atoms with E-state index in [0.29, 0.717) is 24.6 Å². The van der Waals surface area contributed by atoms with Gasteiger partial charge in [0.25, 0.3) is 0 Å². The Labute approximate surface area is 172 Å². The number of alkyl halides is 3. The Morgan fingerprint density at radius 1 is 1.13 bits per heavy atom. The number of pyridine rings is 1. The van der Waals surface area contributed by atoms with E-state index in [4.69, 9.17) is 9.47 Å². The van der Waals surface area contributed by atoms with Crippen molar-refractivity contribution in [2.45, 2.75) is 26.1 Å². The largest absolute Gasteiger partial charge is 0.468 e. The van der Waals surface area contributed by atoms with Crippen molar-refractivity contribution in [1.82, 2.24) is 15.6 Å². The molecular weight excluding hydrogens is 401 g/mol. The molecule has 0 saturated carbocycles. The molecule has 0 bridgehead atoms. The first-order chi connectivity index (χ1) is 14.4. The Morgan fingerprint density at radius 2 is 1.97 bits per heavy atom. The van der Waals surface area contributed by atoms with Crippen LogP contribution in [0.3, 0.4) is 0 Å². The van der Waals surface area contributed by atoms with Crippen LogP contribution in [0.15, 0.2) is 41.5 Å². The lowest BCUT2D eigenvalue weighted by Crippen LogP contribution is -2.38. The molecule has 0 spiro atoms. The molecule has 2 N–H and O–H groups in total. The predicted molar refractivity (Wildman–Crippen MR) is 105 cm³/mol. The van der Waals surface area contributed by atoms with E-state index in [-0.39, 0.29) is 19.2 Å². The quantitative estimate of drug-likeness (QED) is 0.501. The molecule has 0 atom stereocenters. The van der Waals surface area contributed by atoms with Gasteiger partial charge in [-0.3, -0.25) is 0 Å². The zero-order valence-corrected chi connectivity index (χ0v) is 16.5. The van der Waals surface area contributed by atoms with Crippen LogP contribution in [0.1, 0.15) is 18.1 Å². The summed E-state index contributed by atoms with van der Waals surface area (Å²) in [6.45, 7) is 2.39. The van der Waals surface area contributed by atoms with Crippen LogP contribution in [-0.2, 0) is 13.0 Å². The van der Waals surface area contributed by atoms with E-state index in [1.807, 2.05) is 25.1 Å². The number of aliphatic imine (C=N–C) groups is 1. The second-order valence-corrected chi connectivity index (χ2v) is 6.47. The van der Waals surface area contributed by atoms with E-state index >= 15 is 0 Å². The number of fused-ring (bicyclic) bond motifs is 1. The molecule has 1 aromatic carbocycles. The molecule has 0 saturated heterocycles. The van der Waals surface area contributed by atoms with Crippen LogP contribution in [0.25, 0.3) is 0 Å². The Hall–Kier alpha value is -3.17. The number of aromatic nitrogens is 1. The van der Waals surface area contributed by atoms with Gasteiger partial charge in [-0.2, -0.15) is 13.2 Å². The lowest BCUT2D eigenvalue weighted by atomic mass is 10.1. The number of nitrogens with one attached hydrogen (secondary N) is 2. The summed E-state index contributed by atoms with van der Waals surface area (Å²) in [7, 11) is 0. The third kappa shape index (κ3) is 6.71. The molecule has 0 aliphatic carbocycles. The smallest absolute Gasteiger partial charge is 0.422 e. The van der Waals surface area contributed by atoms with E-state index in [1.165, 1.54) is 12.3 Å². The number of hydrogen-bond acceptors (Lipinski definition) is 5. The summed E-state index contributed by atoms with van der Waals surface area (Å²) in [5.74, 6) is 2.01. The van der Waals surface area contributed by atoms with Crippen LogP contribution in [0, 0.1) is 0 Å². The van der Waals surface area contributed by atoms with Gasteiger partial charge in [-0.15, -0.1) is 0 Å². The summed E-state index contributed by atoms with van der Waals surface area (Å²) in [4.78, 5) is 8.26. The minimum absolute atomic E-state index is 0.0826. The molecule has 1 aromatic heterocycles. The maximum absolute atomic E-state index is 12.3. The van der Waals surface area contributed by atoms with E-state index in [1.54, 1.807) is 6.07 Å². The fourth-order valence-corrected chi connectivity index (χ4v) is 2.72. The molecule has 162 valence electrons. The zero-order chi connectivity index (χ0) is 21.4. The lowest BCUT2D eigenvalue weighted by molar-refractivity contribution is -0.154. The molecule has 1 aliphatic heterocycles. The predicted octanol–water partition coefficient (Wildman–Crippen LogP) is 3.05. The van der Waals surface area contributed by atoms with Crippen molar-refractivity contribution in [1.29, 1.82) is 0 Å². The first kappa shape index (κ1) is 21.5. The molecule has 0 amide bonds. The second kappa shape index (κ2) is 10.0. The van der Waals surface area contributed by atoms with Crippen LogP contribution in [0.4, 0.5) is 13.2 Å². The van der Waals surface area contributed by atoms with Crippen molar-refractivity contribution < 1.29 is 27.4 Å². The highest BCUT2D eigenvalue weighted by Crippen LogP contribution is 2.32. The molecule has 1 aliphatic rings. The molecule has 0 unspecified atom stereocenters. The van der Waals surface area contributed by atoms with Crippen molar-refractivity contribution in [2.24, 2.45) is 4.99 Å². The number of guanidine groups is 1. The Morgan fingerprint density at radius 3 is 2.77 bits per heavy atom. The highest BCUT2D eigenvalue weighted by molar-refractivity contribution is 5.79. The van der Waals surface area contributed by atoms with Crippen LogP contribution in [0.5, 0.6) is 17.4 Å². The SMILES string of the molecule is CCNC(=NCc1ccnc(OCC(F)(F)F)c1)NCCc1ccc2c(c1)OCO2. The minimum atomic E-state index is -4.41. The van der Waals surface area contributed by atoms with E-state index < -0.39 is 12.8 Å². The minimum Gasteiger partial charge on any atom is -0.468 e. The summed E-state index contributed by atoms with van der Waals surface area (Å²) in [6.07, 6.45) is -2.25. The normalized spacial score (nSPS) is 13.3. The number of hydrogen-bond donors (Lipinski definition) is 2. The number of ether oxygens (including phenoxy) is 3. The van der Waals surface area contributed by atoms with Gasteiger partial charge in [0.15, 0.2) is 24.1 Å². The van der Waals surface area contributed by atoms with Crippen molar-refractivity contribution in [2.75, 3.05) is 26.5 Å². The topological polar surface area (TPSA) is 77.0 Å². The number of halogens is 3. The summed E-state index contributed by atoms with van der Waals surface area (Å²) < 4.78 is 52.2. The summed E-state index contributed by atoms with van der Waals surface area (Å²) >= 11 is 0. The molecule has 30 heavy (non-hydrogen) atoms.